The average Bonchev–Trinajstić information content (AvgIpc) is 2.34. The van der Waals surface area contributed by atoms with Gasteiger partial charge in [-0.25, -0.2) is 4.79 Å². The van der Waals surface area contributed by atoms with Crippen molar-refractivity contribution in [2.45, 2.75) is 6.04 Å². The Hall–Kier alpha value is -0.770. The van der Waals surface area contributed by atoms with E-state index in [1.54, 1.807) is 0 Å². The Bertz CT molecular complexity index is 171. The highest BCUT2D eigenvalue weighted by Crippen LogP contribution is 1.93. The van der Waals surface area contributed by atoms with Crippen molar-refractivity contribution in [1.82, 2.24) is 10.6 Å². The first kappa shape index (κ1) is 7.34. The predicted molar refractivity (Wildman–Crippen MR) is 36.0 cm³/mol. The zero-order valence-electron chi connectivity index (χ0n) is 5.19. The van der Waals surface area contributed by atoms with Crippen LogP contribution in [0.5, 0.6) is 0 Å². The van der Waals surface area contributed by atoms with E-state index in [0.717, 1.165) is 0 Å². The Kier molecular flexibility index (Phi) is 2.11. The van der Waals surface area contributed by atoms with Crippen LogP contribution in [0.1, 0.15) is 0 Å². The number of hydrogen-bond donors (Lipinski definition) is 2. The number of amides is 2. The summed E-state index contributed by atoms with van der Waals surface area (Å²) < 4.78 is 0. The molecule has 56 valence electrons. The van der Waals surface area contributed by atoms with E-state index in [-0.39, 0.29) is 17.7 Å². The highest BCUT2D eigenvalue weighted by molar-refractivity contribution is 6.28. The molecule has 0 aliphatic carbocycles. The summed E-state index contributed by atoms with van der Waals surface area (Å²) in [6.45, 7) is 0.352. The summed E-state index contributed by atoms with van der Waals surface area (Å²) in [5, 5.41) is 4.88. The highest BCUT2D eigenvalue weighted by Gasteiger charge is 2.25. The van der Waals surface area contributed by atoms with Crippen molar-refractivity contribution in [3.05, 3.63) is 0 Å². The molecule has 2 N–H and O–H groups in total. The van der Waals surface area contributed by atoms with Crippen LogP contribution >= 0.6 is 11.6 Å². The number of Topliss-reactive ketones (excluding diaryl/α,β-unsaturated/α-hetero) is 1. The largest absolute Gasteiger partial charge is 0.336 e. The number of alkyl halides is 1. The van der Waals surface area contributed by atoms with Crippen LogP contribution in [0.4, 0.5) is 4.79 Å². The van der Waals surface area contributed by atoms with E-state index in [1.165, 1.54) is 0 Å². The minimum atomic E-state index is -0.426. The molecular formula is C5H7ClN2O2. The number of carbonyl (C=O) groups is 2. The monoisotopic (exact) mass is 162 g/mol. The summed E-state index contributed by atoms with van der Waals surface area (Å²) in [6, 6.07) is -0.728. The van der Waals surface area contributed by atoms with Crippen LogP contribution in [0, 0.1) is 0 Å². The van der Waals surface area contributed by atoms with E-state index in [2.05, 4.69) is 10.6 Å². The number of ketones is 1. The quantitative estimate of drug-likeness (QED) is 0.537. The number of nitrogens with one attached hydrogen (secondary N) is 2. The average molecular weight is 163 g/mol. The molecule has 1 atom stereocenters. The lowest BCUT2D eigenvalue weighted by molar-refractivity contribution is -0.117. The van der Waals surface area contributed by atoms with Crippen LogP contribution in [-0.4, -0.2) is 30.3 Å². The Morgan fingerprint density at radius 1 is 1.80 bits per heavy atom. The fraction of sp³-hybridized carbons (Fsp3) is 0.600. The predicted octanol–water partition coefficient (Wildman–Crippen LogP) is -0.524. The van der Waals surface area contributed by atoms with E-state index in [4.69, 9.17) is 11.6 Å². The minimum absolute atomic E-state index is 0.0490. The molecule has 1 rings (SSSR count). The molecule has 10 heavy (non-hydrogen) atoms. The van der Waals surface area contributed by atoms with Gasteiger partial charge >= 0.3 is 6.03 Å². The second kappa shape index (κ2) is 2.88. The van der Waals surface area contributed by atoms with E-state index in [0.29, 0.717) is 6.54 Å². The third-order valence-corrected chi connectivity index (χ3v) is 1.56. The topological polar surface area (TPSA) is 58.2 Å². The molecular weight excluding hydrogens is 156 g/mol. The Morgan fingerprint density at radius 3 is 2.90 bits per heavy atom. The summed E-state index contributed by atoms with van der Waals surface area (Å²) in [5.41, 5.74) is 0. The van der Waals surface area contributed by atoms with Crippen LogP contribution in [-0.2, 0) is 4.79 Å². The molecule has 2 amide bonds. The van der Waals surface area contributed by atoms with Gasteiger partial charge in [0.15, 0.2) is 5.78 Å². The van der Waals surface area contributed by atoms with Gasteiger partial charge in [0, 0.05) is 6.54 Å². The molecule has 1 unspecified atom stereocenters. The summed E-state index contributed by atoms with van der Waals surface area (Å²) in [5.74, 6) is -0.202. The number of halogens is 1. The van der Waals surface area contributed by atoms with Gasteiger partial charge in [-0.2, -0.15) is 0 Å². The molecule has 1 saturated heterocycles. The lowest BCUT2D eigenvalue weighted by Gasteiger charge is -2.01. The number of urea groups is 1. The molecule has 0 radical (unpaired) electrons. The lowest BCUT2D eigenvalue weighted by Crippen LogP contribution is -2.35. The molecule has 0 spiro atoms. The van der Waals surface area contributed by atoms with Gasteiger partial charge in [0.1, 0.15) is 6.04 Å². The van der Waals surface area contributed by atoms with Crippen molar-refractivity contribution < 1.29 is 9.59 Å². The van der Waals surface area contributed by atoms with Crippen LogP contribution < -0.4 is 10.6 Å². The summed E-state index contributed by atoms with van der Waals surface area (Å²) in [4.78, 5) is 21.2. The molecule has 1 aliphatic heterocycles. The smallest absolute Gasteiger partial charge is 0.315 e. The highest BCUT2D eigenvalue weighted by atomic mass is 35.5. The zero-order chi connectivity index (χ0) is 7.56. The number of carbonyl (C=O) groups excluding carboxylic acids is 2. The normalized spacial score (nSPS) is 23.7. The SMILES string of the molecule is O=C1NCC(C(=O)CCl)N1. The fourth-order valence-electron chi connectivity index (χ4n) is 0.743. The van der Waals surface area contributed by atoms with Gasteiger partial charge in [-0.1, -0.05) is 0 Å². The van der Waals surface area contributed by atoms with E-state index in [1.807, 2.05) is 0 Å². The number of hydrogen-bond acceptors (Lipinski definition) is 2. The third kappa shape index (κ3) is 1.39. The van der Waals surface area contributed by atoms with E-state index >= 15 is 0 Å². The zero-order valence-corrected chi connectivity index (χ0v) is 5.94. The molecule has 4 nitrogen and oxygen atoms in total. The van der Waals surface area contributed by atoms with Gasteiger partial charge in [0.25, 0.3) is 0 Å². The second-order valence-corrected chi connectivity index (χ2v) is 2.27. The Morgan fingerprint density at radius 2 is 2.50 bits per heavy atom. The van der Waals surface area contributed by atoms with Crippen molar-refractivity contribution in [1.29, 1.82) is 0 Å². The fourth-order valence-corrected chi connectivity index (χ4v) is 0.929. The van der Waals surface area contributed by atoms with Crippen LogP contribution in [0.3, 0.4) is 0 Å². The Balaban J connectivity index is 2.44. The van der Waals surface area contributed by atoms with Crippen LogP contribution in [0.15, 0.2) is 0 Å². The Labute approximate surface area is 62.9 Å². The van der Waals surface area contributed by atoms with Crippen molar-refractivity contribution >= 4 is 23.4 Å². The second-order valence-electron chi connectivity index (χ2n) is 2.01. The minimum Gasteiger partial charge on any atom is -0.336 e. The maximum absolute atomic E-state index is 10.8. The number of rotatable bonds is 2. The first-order valence-corrected chi connectivity index (χ1v) is 3.40. The molecule has 1 heterocycles. The molecule has 0 aromatic heterocycles. The summed E-state index contributed by atoms with van der Waals surface area (Å²) in [6.07, 6.45) is 0. The van der Waals surface area contributed by atoms with E-state index < -0.39 is 6.04 Å². The molecule has 0 aromatic rings. The van der Waals surface area contributed by atoms with Gasteiger partial charge in [-0.15, -0.1) is 11.6 Å². The molecule has 5 heteroatoms. The van der Waals surface area contributed by atoms with Crippen molar-refractivity contribution in [3.63, 3.8) is 0 Å². The van der Waals surface area contributed by atoms with Gasteiger partial charge in [0.05, 0.1) is 5.88 Å². The molecule has 0 aromatic carbocycles. The van der Waals surface area contributed by atoms with Gasteiger partial charge in [-0.05, 0) is 0 Å². The summed E-state index contributed by atoms with van der Waals surface area (Å²) in [7, 11) is 0. The van der Waals surface area contributed by atoms with Gasteiger partial charge < -0.3 is 10.6 Å². The summed E-state index contributed by atoms with van der Waals surface area (Å²) >= 11 is 5.25. The lowest BCUT2D eigenvalue weighted by atomic mass is 10.2. The maximum Gasteiger partial charge on any atom is 0.315 e. The molecule has 1 fully saturated rings. The van der Waals surface area contributed by atoms with E-state index in [9.17, 15) is 9.59 Å². The van der Waals surface area contributed by atoms with Crippen molar-refractivity contribution in [2.75, 3.05) is 12.4 Å². The first-order valence-electron chi connectivity index (χ1n) is 2.87. The molecule has 1 aliphatic rings. The van der Waals surface area contributed by atoms with Crippen molar-refractivity contribution in [3.8, 4) is 0 Å². The van der Waals surface area contributed by atoms with Gasteiger partial charge in [-0.3, -0.25) is 4.79 Å². The molecule has 0 bridgehead atoms. The van der Waals surface area contributed by atoms with Crippen LogP contribution in [0.25, 0.3) is 0 Å². The van der Waals surface area contributed by atoms with Crippen molar-refractivity contribution in [2.24, 2.45) is 0 Å². The van der Waals surface area contributed by atoms with Crippen LogP contribution in [0.2, 0.25) is 0 Å². The third-order valence-electron chi connectivity index (χ3n) is 1.29. The maximum atomic E-state index is 10.8. The molecule has 0 saturated carbocycles. The first-order chi connectivity index (χ1) is 4.74. The standard InChI is InChI=1S/C5H7ClN2O2/c6-1-4(9)3-2-7-5(10)8-3/h3H,1-2H2,(H2,7,8,10). The van der Waals surface area contributed by atoms with Gasteiger partial charge in [0.2, 0.25) is 0 Å².